The number of ether oxygens (including phenoxy) is 1. The molecular formula is C28H22N2O7. The summed E-state index contributed by atoms with van der Waals surface area (Å²) in [6.07, 6.45) is -0.445. The van der Waals surface area contributed by atoms with Crippen molar-refractivity contribution in [3.8, 4) is 17.2 Å². The molecule has 1 unspecified atom stereocenters. The van der Waals surface area contributed by atoms with Crippen LogP contribution in [0.25, 0.3) is 28.1 Å². The van der Waals surface area contributed by atoms with Crippen LogP contribution in [0.1, 0.15) is 24.5 Å². The summed E-state index contributed by atoms with van der Waals surface area (Å²) in [5.41, 5.74) is 3.73. The summed E-state index contributed by atoms with van der Waals surface area (Å²) >= 11 is 0. The summed E-state index contributed by atoms with van der Waals surface area (Å²) in [6, 6.07) is 16.8. The lowest BCUT2D eigenvalue weighted by Crippen LogP contribution is -2.61. The van der Waals surface area contributed by atoms with Gasteiger partial charge in [0.2, 0.25) is 5.91 Å². The second-order valence-electron chi connectivity index (χ2n) is 9.34. The highest BCUT2D eigenvalue weighted by molar-refractivity contribution is 6.06. The van der Waals surface area contributed by atoms with Crippen LogP contribution < -0.4 is 10.2 Å². The fourth-order valence-corrected chi connectivity index (χ4v) is 5.17. The molecule has 2 aromatic rings. The van der Waals surface area contributed by atoms with Gasteiger partial charge in [-0.15, -0.1) is 0 Å². The van der Waals surface area contributed by atoms with Gasteiger partial charge in [0.25, 0.3) is 0 Å². The number of carbonyl (C=O) groups is 2. The lowest BCUT2D eigenvalue weighted by molar-refractivity contribution is -0.161. The van der Waals surface area contributed by atoms with Crippen molar-refractivity contribution >= 4 is 28.5 Å². The molecule has 0 aromatic heterocycles. The molecule has 37 heavy (non-hydrogen) atoms. The van der Waals surface area contributed by atoms with Crippen molar-refractivity contribution in [3.05, 3.63) is 87.7 Å². The Kier molecular flexibility index (Phi) is 5.31. The maximum atomic E-state index is 12.4. The van der Waals surface area contributed by atoms with Gasteiger partial charge in [-0.1, -0.05) is 24.3 Å². The summed E-state index contributed by atoms with van der Waals surface area (Å²) in [4.78, 5) is 41.8. The normalized spacial score (nSPS) is 19.7. The number of aliphatic carboxylic acids is 1. The predicted molar refractivity (Wildman–Crippen MR) is 133 cm³/mol. The van der Waals surface area contributed by atoms with Crippen molar-refractivity contribution in [2.75, 3.05) is 0 Å². The Hall–Kier alpha value is -4.50. The molecule has 1 aliphatic carbocycles. The first-order valence-electron chi connectivity index (χ1n) is 11.8. The minimum Gasteiger partial charge on any atom is -0.489 e. The molecule has 1 saturated heterocycles. The lowest BCUT2D eigenvalue weighted by atomic mass is 9.82. The number of rotatable bonds is 6. The van der Waals surface area contributed by atoms with E-state index in [2.05, 4.69) is 4.98 Å². The molecule has 1 fully saturated rings. The number of carboxylic acid groups (broad SMARTS) is 1. The van der Waals surface area contributed by atoms with Crippen LogP contribution in [0.15, 0.2) is 75.6 Å². The van der Waals surface area contributed by atoms with Gasteiger partial charge in [-0.05, 0) is 54.3 Å². The van der Waals surface area contributed by atoms with E-state index < -0.39 is 18.0 Å². The summed E-state index contributed by atoms with van der Waals surface area (Å²) in [7, 11) is 0. The van der Waals surface area contributed by atoms with Gasteiger partial charge >= 0.3 is 5.97 Å². The Balaban J connectivity index is 1.20. The number of aliphatic hydroxyl groups excluding tert-OH is 1. The third kappa shape index (κ3) is 3.84. The maximum absolute atomic E-state index is 12.4. The number of aromatic nitrogens is 1. The van der Waals surface area contributed by atoms with Gasteiger partial charge in [-0.2, -0.15) is 0 Å². The van der Waals surface area contributed by atoms with E-state index in [-0.39, 0.29) is 29.7 Å². The van der Waals surface area contributed by atoms with E-state index in [1.807, 2.05) is 24.3 Å². The minimum absolute atomic E-state index is 0.0129. The predicted octanol–water partition coefficient (Wildman–Crippen LogP) is 3.28. The smallest absolute Gasteiger partial charge is 0.352 e. The Bertz CT molecular complexity index is 1620. The van der Waals surface area contributed by atoms with Gasteiger partial charge in [0.05, 0.1) is 18.1 Å². The molecule has 9 nitrogen and oxygen atoms in total. The van der Waals surface area contributed by atoms with E-state index in [0.717, 1.165) is 5.56 Å². The molecule has 2 aromatic carbocycles. The van der Waals surface area contributed by atoms with Gasteiger partial charge < -0.3 is 24.3 Å². The molecule has 0 spiro atoms. The van der Waals surface area contributed by atoms with Crippen LogP contribution in [-0.2, 0) is 16.2 Å². The Morgan fingerprint density at radius 3 is 2.65 bits per heavy atom. The van der Waals surface area contributed by atoms with Gasteiger partial charge in [-0.3, -0.25) is 9.59 Å². The largest absolute Gasteiger partial charge is 0.489 e. The number of β-lactam (4-membered cyclic amide) rings is 1. The third-order valence-corrected chi connectivity index (χ3v) is 6.96. The minimum atomic E-state index is -1.15. The number of carbonyl (C=O) groups excluding carboxylic acids is 1. The van der Waals surface area contributed by atoms with E-state index in [9.17, 15) is 24.6 Å². The zero-order chi connectivity index (χ0) is 25.8. The fourth-order valence-electron chi connectivity index (χ4n) is 5.17. The average molecular weight is 498 g/mol. The Morgan fingerprint density at radius 1 is 1.14 bits per heavy atom. The van der Waals surface area contributed by atoms with Crippen LogP contribution in [0, 0.1) is 5.92 Å². The lowest BCUT2D eigenvalue weighted by Gasteiger charge is -2.44. The highest BCUT2D eigenvalue weighted by atomic mass is 16.5. The first-order chi connectivity index (χ1) is 17.8. The molecule has 6 rings (SSSR count). The van der Waals surface area contributed by atoms with Crippen LogP contribution in [0.5, 0.6) is 5.75 Å². The van der Waals surface area contributed by atoms with E-state index >= 15 is 0 Å². The van der Waals surface area contributed by atoms with Crippen LogP contribution in [-0.4, -0.2) is 44.1 Å². The van der Waals surface area contributed by atoms with Crippen molar-refractivity contribution in [2.24, 2.45) is 5.92 Å². The number of aliphatic hydroxyl groups is 1. The molecule has 3 atom stereocenters. The van der Waals surface area contributed by atoms with Crippen molar-refractivity contribution in [3.63, 3.8) is 0 Å². The molecule has 9 heteroatoms. The van der Waals surface area contributed by atoms with E-state index in [4.69, 9.17) is 9.15 Å². The number of fused-ring (bicyclic) bond motifs is 3. The first kappa shape index (κ1) is 22.9. The summed E-state index contributed by atoms with van der Waals surface area (Å²) in [6.45, 7) is 1.82. The standard InChI is InChI=1S/C28H22N2O7/c1-14(31)25-22-12-19(26(28(34)35)30(22)27(25)33)16-4-2-15(3-5-16)13-36-18-7-9-21-24(11-18)37-23-10-17(32)6-8-20(23)29-21/h2-11,14,22,25,31H,12-13H2,1H3,(H,34,35)/t14?,22-,25-/m1/s1. The van der Waals surface area contributed by atoms with Gasteiger partial charge in [-0.25, -0.2) is 9.78 Å². The number of carboxylic acids is 1. The first-order valence-corrected chi connectivity index (χ1v) is 11.8. The van der Waals surface area contributed by atoms with Crippen molar-refractivity contribution in [1.29, 1.82) is 0 Å². The molecule has 0 saturated carbocycles. The highest BCUT2D eigenvalue weighted by Gasteiger charge is 2.56. The van der Waals surface area contributed by atoms with Gasteiger partial charge in [0.15, 0.2) is 16.8 Å². The third-order valence-electron chi connectivity index (χ3n) is 6.96. The van der Waals surface area contributed by atoms with Crippen molar-refractivity contribution in [1.82, 2.24) is 9.88 Å². The molecule has 186 valence electrons. The van der Waals surface area contributed by atoms with Crippen LogP contribution in [0.2, 0.25) is 0 Å². The molecule has 0 radical (unpaired) electrons. The maximum Gasteiger partial charge on any atom is 0.352 e. The average Bonchev–Trinajstić information content (AvgIpc) is 3.21. The van der Waals surface area contributed by atoms with Crippen LogP contribution in [0.3, 0.4) is 0 Å². The van der Waals surface area contributed by atoms with Gasteiger partial charge in [0, 0.05) is 12.1 Å². The second kappa shape index (κ2) is 8.56. The van der Waals surface area contributed by atoms with E-state index in [0.29, 0.717) is 45.9 Å². The molecule has 2 N–H and O–H groups in total. The second-order valence-corrected chi connectivity index (χ2v) is 9.34. The summed E-state index contributed by atoms with van der Waals surface area (Å²) < 4.78 is 11.8. The quantitative estimate of drug-likeness (QED) is 0.306. The topological polar surface area (TPSA) is 130 Å². The Labute approximate surface area is 210 Å². The molecule has 0 bridgehead atoms. The van der Waals surface area contributed by atoms with E-state index in [1.165, 1.54) is 17.0 Å². The number of hydrogen-bond acceptors (Lipinski definition) is 7. The molecular weight excluding hydrogens is 476 g/mol. The monoisotopic (exact) mass is 498 g/mol. The number of amides is 1. The molecule has 3 aliphatic heterocycles. The van der Waals surface area contributed by atoms with Crippen molar-refractivity contribution < 1.29 is 29.0 Å². The van der Waals surface area contributed by atoms with Crippen molar-refractivity contribution in [2.45, 2.75) is 32.1 Å². The Morgan fingerprint density at radius 2 is 1.92 bits per heavy atom. The zero-order valence-corrected chi connectivity index (χ0v) is 19.7. The fraction of sp³-hybridized carbons (Fsp3) is 0.214. The van der Waals surface area contributed by atoms with E-state index in [1.54, 1.807) is 31.2 Å². The number of benzene rings is 3. The van der Waals surface area contributed by atoms with Crippen LogP contribution >= 0.6 is 0 Å². The molecule has 3 heterocycles. The summed E-state index contributed by atoms with van der Waals surface area (Å²) in [5, 5.41) is 19.7. The number of nitrogens with zero attached hydrogens (tertiary/aromatic N) is 2. The summed E-state index contributed by atoms with van der Waals surface area (Å²) in [5.74, 6) is -1.11. The SMILES string of the molecule is CC(O)[C@H]1C(=O)N2C(C(=O)O)=C(c3ccc(COc4ccc5nc6ccc(=O)cc-6oc5c4)cc3)C[C@H]12. The molecule has 4 aliphatic rings. The zero-order valence-electron chi connectivity index (χ0n) is 19.7. The highest BCUT2D eigenvalue weighted by Crippen LogP contribution is 2.46. The number of hydrogen-bond donors (Lipinski definition) is 2. The van der Waals surface area contributed by atoms with Crippen LogP contribution in [0.4, 0.5) is 0 Å². The molecule has 1 amide bonds. The van der Waals surface area contributed by atoms with Gasteiger partial charge in [0.1, 0.15) is 29.3 Å².